The molecule has 0 saturated heterocycles. The number of Topliss-reactive ketones (excluding diaryl/α,β-unsaturated/α-hetero) is 3. The van der Waals surface area contributed by atoms with Crippen molar-refractivity contribution in [3.05, 3.63) is 0 Å². The first-order valence-corrected chi connectivity index (χ1v) is 10.7. The van der Waals surface area contributed by atoms with Gasteiger partial charge in [0.05, 0.1) is 39.6 Å². The molecular weight excluding hydrogens is 390 g/mol. The van der Waals surface area contributed by atoms with Crippen LogP contribution in [0, 0.1) is 5.92 Å². The zero-order chi connectivity index (χ0) is 23.0. The molecule has 0 radical (unpaired) electrons. The molecule has 0 aromatic heterocycles. The highest BCUT2D eigenvalue weighted by Crippen LogP contribution is 2.11. The van der Waals surface area contributed by atoms with Crippen LogP contribution in [0.3, 0.4) is 0 Å². The van der Waals surface area contributed by atoms with Crippen LogP contribution in [0.25, 0.3) is 0 Å². The Morgan fingerprint density at radius 3 is 1.73 bits per heavy atom. The second kappa shape index (κ2) is 16.1. The van der Waals surface area contributed by atoms with Crippen molar-refractivity contribution in [2.75, 3.05) is 39.6 Å². The Kier molecular flexibility index (Phi) is 15.2. The van der Waals surface area contributed by atoms with E-state index in [2.05, 4.69) is 5.32 Å². The normalized spacial score (nSPS) is 13.1. The van der Waals surface area contributed by atoms with E-state index in [0.29, 0.717) is 12.8 Å². The van der Waals surface area contributed by atoms with Crippen molar-refractivity contribution in [2.45, 2.75) is 72.3 Å². The summed E-state index contributed by atoms with van der Waals surface area (Å²) >= 11 is 0. The van der Waals surface area contributed by atoms with Crippen molar-refractivity contribution in [1.82, 2.24) is 5.32 Å². The van der Waals surface area contributed by atoms with E-state index < -0.39 is 5.54 Å². The Labute approximate surface area is 180 Å². The predicted molar refractivity (Wildman–Crippen MR) is 113 cm³/mol. The van der Waals surface area contributed by atoms with Gasteiger partial charge < -0.3 is 19.5 Å². The minimum absolute atomic E-state index is 0.0102. The van der Waals surface area contributed by atoms with Crippen molar-refractivity contribution < 1.29 is 33.4 Å². The lowest BCUT2D eigenvalue weighted by Gasteiger charge is -2.34. The summed E-state index contributed by atoms with van der Waals surface area (Å²) < 4.78 is 17.0. The lowest BCUT2D eigenvalue weighted by Crippen LogP contribution is -2.58. The minimum atomic E-state index is -0.972. The second-order valence-electron chi connectivity index (χ2n) is 7.81. The van der Waals surface area contributed by atoms with Crippen LogP contribution in [-0.2, 0) is 33.4 Å². The Hall–Kier alpha value is -1.64. The molecule has 0 saturated carbocycles. The van der Waals surface area contributed by atoms with Gasteiger partial charge in [-0.15, -0.1) is 0 Å². The van der Waals surface area contributed by atoms with E-state index in [9.17, 15) is 19.2 Å². The quantitative estimate of drug-likeness (QED) is 0.314. The van der Waals surface area contributed by atoms with Gasteiger partial charge >= 0.3 is 0 Å². The van der Waals surface area contributed by atoms with Crippen molar-refractivity contribution in [1.29, 1.82) is 0 Å². The van der Waals surface area contributed by atoms with Gasteiger partial charge in [-0.3, -0.25) is 19.2 Å². The maximum absolute atomic E-state index is 12.1. The van der Waals surface area contributed by atoms with Gasteiger partial charge in [0.1, 0.15) is 22.9 Å². The first kappa shape index (κ1) is 28.4. The predicted octanol–water partition coefficient (Wildman–Crippen LogP) is 2.26. The van der Waals surface area contributed by atoms with Gasteiger partial charge in [-0.25, -0.2) is 0 Å². The molecular formula is C22H39NO7. The molecule has 1 unspecified atom stereocenters. The number of rotatable bonds is 19. The van der Waals surface area contributed by atoms with E-state index >= 15 is 0 Å². The summed E-state index contributed by atoms with van der Waals surface area (Å²) in [5, 5.41) is 2.91. The molecule has 30 heavy (non-hydrogen) atoms. The SMILES string of the molecule is CCC(=O)CCOCC(COCCC(C)=O)(COCCC(=O)C(C)C)NC(=O)CC. The summed E-state index contributed by atoms with van der Waals surface area (Å²) in [6, 6.07) is 0. The molecule has 0 rings (SSSR count). The molecule has 0 fully saturated rings. The highest BCUT2D eigenvalue weighted by Gasteiger charge is 2.33. The molecule has 0 aliphatic heterocycles. The van der Waals surface area contributed by atoms with E-state index in [4.69, 9.17) is 14.2 Å². The summed E-state index contributed by atoms with van der Waals surface area (Å²) in [5.41, 5.74) is -0.972. The van der Waals surface area contributed by atoms with Crippen molar-refractivity contribution in [3.63, 3.8) is 0 Å². The van der Waals surface area contributed by atoms with Crippen LogP contribution in [0.4, 0.5) is 0 Å². The summed E-state index contributed by atoms with van der Waals surface area (Å²) in [5.74, 6) is -0.0479. The van der Waals surface area contributed by atoms with Crippen LogP contribution < -0.4 is 5.32 Å². The number of carbonyl (C=O) groups is 4. The third kappa shape index (κ3) is 13.6. The first-order valence-electron chi connectivity index (χ1n) is 10.7. The number of nitrogens with one attached hydrogen (secondary N) is 1. The molecule has 1 amide bonds. The molecule has 1 N–H and O–H groups in total. The van der Waals surface area contributed by atoms with E-state index in [-0.39, 0.29) is 88.1 Å². The number of hydrogen-bond acceptors (Lipinski definition) is 7. The smallest absolute Gasteiger partial charge is 0.220 e. The zero-order valence-electron chi connectivity index (χ0n) is 19.2. The van der Waals surface area contributed by atoms with Crippen molar-refractivity contribution >= 4 is 23.3 Å². The maximum atomic E-state index is 12.1. The van der Waals surface area contributed by atoms with Crippen molar-refractivity contribution in [3.8, 4) is 0 Å². The molecule has 0 spiro atoms. The summed E-state index contributed by atoms with van der Waals surface area (Å²) in [6.07, 6.45) is 1.57. The summed E-state index contributed by atoms with van der Waals surface area (Å²) in [4.78, 5) is 46.6. The largest absolute Gasteiger partial charge is 0.378 e. The first-order chi connectivity index (χ1) is 14.2. The van der Waals surface area contributed by atoms with E-state index in [1.165, 1.54) is 6.92 Å². The molecule has 0 heterocycles. The van der Waals surface area contributed by atoms with Gasteiger partial charge in [-0.1, -0.05) is 27.7 Å². The molecule has 1 atom stereocenters. The van der Waals surface area contributed by atoms with Crippen LogP contribution in [0.1, 0.15) is 66.7 Å². The number of ether oxygens (including phenoxy) is 3. The Balaban J connectivity index is 5.04. The van der Waals surface area contributed by atoms with Crippen LogP contribution >= 0.6 is 0 Å². The molecule has 8 nitrogen and oxygen atoms in total. The molecule has 8 heteroatoms. The third-order valence-electron chi connectivity index (χ3n) is 4.52. The standard InChI is InChI=1S/C22H39NO7/c1-6-19(25)9-12-29-15-22(23-21(27)7-2,14-28-11-8-18(5)24)16-30-13-10-20(26)17(3)4/h17H,6-16H2,1-5H3,(H,23,27). The lowest BCUT2D eigenvalue weighted by atomic mass is 10.0. The van der Waals surface area contributed by atoms with Gasteiger partial charge in [-0.2, -0.15) is 0 Å². The average molecular weight is 430 g/mol. The fraction of sp³-hybridized carbons (Fsp3) is 0.818. The van der Waals surface area contributed by atoms with E-state index in [1.54, 1.807) is 13.8 Å². The van der Waals surface area contributed by atoms with Crippen LogP contribution in [0.15, 0.2) is 0 Å². The number of ketones is 3. The highest BCUT2D eigenvalue weighted by atomic mass is 16.5. The average Bonchev–Trinajstić information content (AvgIpc) is 2.70. The monoisotopic (exact) mass is 429 g/mol. The number of carbonyl (C=O) groups excluding carboxylic acids is 4. The maximum Gasteiger partial charge on any atom is 0.220 e. The molecule has 0 aliphatic carbocycles. The third-order valence-corrected chi connectivity index (χ3v) is 4.52. The molecule has 0 aromatic carbocycles. The fourth-order valence-corrected chi connectivity index (χ4v) is 2.46. The molecule has 0 aliphatic rings. The molecule has 0 bridgehead atoms. The summed E-state index contributed by atoms with van der Waals surface area (Å²) in [7, 11) is 0. The topological polar surface area (TPSA) is 108 Å². The number of hydrogen-bond donors (Lipinski definition) is 1. The Bertz CT molecular complexity index is 548. The molecule has 174 valence electrons. The van der Waals surface area contributed by atoms with Gasteiger partial charge in [0.2, 0.25) is 5.91 Å². The fourth-order valence-electron chi connectivity index (χ4n) is 2.46. The van der Waals surface area contributed by atoms with Crippen molar-refractivity contribution in [2.24, 2.45) is 5.92 Å². The highest BCUT2D eigenvalue weighted by molar-refractivity contribution is 5.80. The van der Waals surface area contributed by atoms with Gasteiger partial charge in [0.15, 0.2) is 0 Å². The van der Waals surface area contributed by atoms with Crippen LogP contribution in [0.5, 0.6) is 0 Å². The van der Waals surface area contributed by atoms with Gasteiger partial charge in [0, 0.05) is 38.0 Å². The van der Waals surface area contributed by atoms with E-state index in [1.807, 2.05) is 13.8 Å². The Morgan fingerprint density at radius 2 is 1.30 bits per heavy atom. The van der Waals surface area contributed by atoms with Gasteiger partial charge in [0.25, 0.3) is 0 Å². The van der Waals surface area contributed by atoms with Gasteiger partial charge in [-0.05, 0) is 6.92 Å². The lowest BCUT2D eigenvalue weighted by molar-refractivity contribution is -0.130. The second-order valence-corrected chi connectivity index (χ2v) is 7.81. The molecule has 0 aromatic rings. The van der Waals surface area contributed by atoms with E-state index in [0.717, 1.165) is 0 Å². The Morgan fingerprint density at radius 1 is 0.800 bits per heavy atom. The van der Waals surface area contributed by atoms with Crippen LogP contribution in [-0.4, -0.2) is 68.4 Å². The summed E-state index contributed by atoms with van der Waals surface area (Å²) in [6.45, 7) is 9.63. The minimum Gasteiger partial charge on any atom is -0.378 e. The van der Waals surface area contributed by atoms with Crippen LogP contribution in [0.2, 0.25) is 0 Å². The number of amides is 1. The zero-order valence-corrected chi connectivity index (χ0v) is 19.2.